The third-order valence-corrected chi connectivity index (χ3v) is 3.50. The van der Waals surface area contributed by atoms with Crippen LogP contribution in [0, 0.1) is 5.41 Å². The Balaban J connectivity index is 2.48. The number of hydrogen-bond donors (Lipinski definition) is 1. The minimum atomic E-state index is 0.00549. The maximum Gasteiger partial charge on any atom is 0.0804 e. The minimum Gasteiger partial charge on any atom is -0.374 e. The van der Waals surface area contributed by atoms with E-state index in [1.165, 1.54) is 12.8 Å². The number of ether oxygens (including phenoxy) is 1. The van der Waals surface area contributed by atoms with Gasteiger partial charge in [-0.25, -0.2) is 0 Å². The van der Waals surface area contributed by atoms with Crippen molar-refractivity contribution in [1.29, 1.82) is 0 Å². The van der Waals surface area contributed by atoms with Crippen LogP contribution in [0.25, 0.3) is 0 Å². The summed E-state index contributed by atoms with van der Waals surface area (Å²) in [6.07, 6.45) is 5.85. The molecule has 0 heterocycles. The van der Waals surface area contributed by atoms with Crippen molar-refractivity contribution >= 4 is 0 Å². The average molecular weight is 199 g/mol. The molecule has 0 spiro atoms. The maximum atomic E-state index is 5.94. The zero-order valence-corrected chi connectivity index (χ0v) is 9.94. The highest BCUT2D eigenvalue weighted by atomic mass is 16.5. The van der Waals surface area contributed by atoms with E-state index in [0.29, 0.717) is 12.0 Å². The van der Waals surface area contributed by atoms with E-state index in [9.17, 15) is 0 Å². The second-order valence-corrected chi connectivity index (χ2v) is 5.40. The molecule has 2 N–H and O–H groups in total. The zero-order valence-electron chi connectivity index (χ0n) is 9.94. The molecule has 0 radical (unpaired) electrons. The SMILES string of the molecule is CCCOC1(CN)CCC(C)(C)CC1. The monoisotopic (exact) mass is 199 g/mol. The van der Waals surface area contributed by atoms with Crippen molar-refractivity contribution in [2.24, 2.45) is 11.1 Å². The molecule has 0 aliphatic heterocycles. The van der Waals surface area contributed by atoms with Crippen molar-refractivity contribution in [2.45, 2.75) is 58.5 Å². The Labute approximate surface area is 88.2 Å². The summed E-state index contributed by atoms with van der Waals surface area (Å²) in [5, 5.41) is 0. The van der Waals surface area contributed by atoms with Crippen molar-refractivity contribution in [2.75, 3.05) is 13.2 Å². The molecule has 1 rings (SSSR count). The van der Waals surface area contributed by atoms with Crippen LogP contribution in [0.4, 0.5) is 0 Å². The lowest BCUT2D eigenvalue weighted by molar-refractivity contribution is -0.0808. The summed E-state index contributed by atoms with van der Waals surface area (Å²) in [6, 6.07) is 0. The van der Waals surface area contributed by atoms with Gasteiger partial charge < -0.3 is 10.5 Å². The summed E-state index contributed by atoms with van der Waals surface area (Å²) in [5.74, 6) is 0. The van der Waals surface area contributed by atoms with E-state index in [2.05, 4.69) is 20.8 Å². The van der Waals surface area contributed by atoms with Gasteiger partial charge in [0.25, 0.3) is 0 Å². The summed E-state index contributed by atoms with van der Waals surface area (Å²) in [4.78, 5) is 0. The molecule has 1 aliphatic carbocycles. The van der Waals surface area contributed by atoms with E-state index < -0.39 is 0 Å². The van der Waals surface area contributed by atoms with E-state index in [1.807, 2.05) is 0 Å². The quantitative estimate of drug-likeness (QED) is 0.755. The standard InChI is InChI=1S/C12H25NO/c1-4-9-14-12(10-13)7-5-11(2,3)6-8-12/h4-10,13H2,1-3H3. The van der Waals surface area contributed by atoms with Crippen LogP contribution in [0.3, 0.4) is 0 Å². The molecule has 0 aromatic carbocycles. The van der Waals surface area contributed by atoms with E-state index in [1.54, 1.807) is 0 Å². The molecule has 0 aromatic heterocycles. The first-order chi connectivity index (χ1) is 6.54. The van der Waals surface area contributed by atoms with Crippen molar-refractivity contribution in [3.8, 4) is 0 Å². The topological polar surface area (TPSA) is 35.2 Å². The average Bonchev–Trinajstić information content (AvgIpc) is 2.18. The van der Waals surface area contributed by atoms with Crippen LogP contribution in [0.1, 0.15) is 52.9 Å². The van der Waals surface area contributed by atoms with Crippen LogP contribution in [-0.4, -0.2) is 18.8 Å². The predicted molar refractivity (Wildman–Crippen MR) is 60.3 cm³/mol. The Morgan fingerprint density at radius 3 is 2.14 bits per heavy atom. The third kappa shape index (κ3) is 2.96. The Kier molecular flexibility index (Phi) is 3.96. The number of nitrogens with two attached hydrogens (primary N) is 1. The van der Waals surface area contributed by atoms with Crippen LogP contribution in [0.5, 0.6) is 0 Å². The molecular weight excluding hydrogens is 174 g/mol. The Bertz CT molecular complexity index is 167. The number of rotatable bonds is 4. The summed E-state index contributed by atoms with van der Waals surface area (Å²) in [7, 11) is 0. The lowest BCUT2D eigenvalue weighted by atomic mass is 9.71. The van der Waals surface area contributed by atoms with E-state index in [-0.39, 0.29) is 5.60 Å². The molecule has 1 fully saturated rings. The van der Waals surface area contributed by atoms with Gasteiger partial charge in [-0.1, -0.05) is 20.8 Å². The minimum absolute atomic E-state index is 0.00549. The first-order valence-corrected chi connectivity index (χ1v) is 5.88. The molecule has 2 nitrogen and oxygen atoms in total. The van der Waals surface area contributed by atoms with Crippen molar-refractivity contribution in [1.82, 2.24) is 0 Å². The molecule has 14 heavy (non-hydrogen) atoms. The summed E-state index contributed by atoms with van der Waals surface area (Å²) < 4.78 is 5.94. The van der Waals surface area contributed by atoms with Crippen LogP contribution in [0.15, 0.2) is 0 Å². The molecule has 1 aliphatic rings. The van der Waals surface area contributed by atoms with Crippen LogP contribution in [0.2, 0.25) is 0 Å². The molecule has 0 bridgehead atoms. The maximum absolute atomic E-state index is 5.94. The summed E-state index contributed by atoms with van der Waals surface area (Å²) >= 11 is 0. The number of hydrogen-bond acceptors (Lipinski definition) is 2. The van der Waals surface area contributed by atoms with Crippen LogP contribution >= 0.6 is 0 Å². The molecular formula is C12H25NO. The van der Waals surface area contributed by atoms with Crippen molar-refractivity contribution < 1.29 is 4.74 Å². The highest BCUT2D eigenvalue weighted by Gasteiger charge is 2.37. The van der Waals surface area contributed by atoms with Gasteiger partial charge in [-0.2, -0.15) is 0 Å². The van der Waals surface area contributed by atoms with Gasteiger partial charge in [0.15, 0.2) is 0 Å². The molecule has 0 saturated heterocycles. The molecule has 0 atom stereocenters. The lowest BCUT2D eigenvalue weighted by Crippen LogP contribution is -2.45. The Morgan fingerprint density at radius 2 is 1.71 bits per heavy atom. The van der Waals surface area contributed by atoms with E-state index in [0.717, 1.165) is 25.9 Å². The summed E-state index contributed by atoms with van der Waals surface area (Å²) in [5.41, 5.74) is 6.34. The van der Waals surface area contributed by atoms with E-state index in [4.69, 9.17) is 10.5 Å². The lowest BCUT2D eigenvalue weighted by Gasteiger charge is -2.42. The molecule has 0 aromatic rings. The fourth-order valence-corrected chi connectivity index (χ4v) is 2.11. The van der Waals surface area contributed by atoms with Gasteiger partial charge in [-0.15, -0.1) is 0 Å². The highest BCUT2D eigenvalue weighted by Crippen LogP contribution is 2.41. The van der Waals surface area contributed by atoms with Gasteiger partial charge in [-0.3, -0.25) is 0 Å². The highest BCUT2D eigenvalue weighted by molar-refractivity contribution is 4.91. The van der Waals surface area contributed by atoms with Crippen molar-refractivity contribution in [3.05, 3.63) is 0 Å². The third-order valence-electron chi connectivity index (χ3n) is 3.50. The first-order valence-electron chi connectivity index (χ1n) is 5.88. The van der Waals surface area contributed by atoms with Gasteiger partial charge >= 0.3 is 0 Å². The second-order valence-electron chi connectivity index (χ2n) is 5.40. The molecule has 2 heteroatoms. The Hall–Kier alpha value is -0.0800. The molecule has 1 saturated carbocycles. The van der Waals surface area contributed by atoms with Gasteiger partial charge in [0, 0.05) is 13.2 Å². The van der Waals surface area contributed by atoms with Crippen molar-refractivity contribution in [3.63, 3.8) is 0 Å². The molecule has 0 amide bonds. The van der Waals surface area contributed by atoms with Gasteiger partial charge in [0.05, 0.1) is 5.60 Å². The second kappa shape index (κ2) is 4.63. The Morgan fingerprint density at radius 1 is 1.14 bits per heavy atom. The fraction of sp³-hybridized carbons (Fsp3) is 1.00. The molecule has 84 valence electrons. The van der Waals surface area contributed by atoms with Gasteiger partial charge in [0.1, 0.15) is 0 Å². The van der Waals surface area contributed by atoms with Gasteiger partial charge in [0.2, 0.25) is 0 Å². The first kappa shape index (κ1) is 12.0. The van der Waals surface area contributed by atoms with Crippen LogP contribution in [-0.2, 0) is 4.74 Å². The smallest absolute Gasteiger partial charge is 0.0804 e. The fourth-order valence-electron chi connectivity index (χ4n) is 2.11. The van der Waals surface area contributed by atoms with E-state index >= 15 is 0 Å². The predicted octanol–water partition coefficient (Wildman–Crippen LogP) is 2.71. The molecule has 0 unspecified atom stereocenters. The zero-order chi connectivity index (χ0) is 10.7. The van der Waals surface area contributed by atoms with Crippen LogP contribution < -0.4 is 5.73 Å². The normalized spacial score (nSPS) is 24.9. The largest absolute Gasteiger partial charge is 0.374 e. The summed E-state index contributed by atoms with van der Waals surface area (Å²) in [6.45, 7) is 8.37. The van der Waals surface area contributed by atoms with Gasteiger partial charge in [-0.05, 0) is 37.5 Å².